The highest BCUT2D eigenvalue weighted by atomic mass is 35.5. The molecule has 5 heteroatoms. The Morgan fingerprint density at radius 2 is 2.57 bits per heavy atom. The van der Waals surface area contributed by atoms with Gasteiger partial charge in [-0.2, -0.15) is 5.10 Å². The van der Waals surface area contributed by atoms with Crippen LogP contribution in [0, 0.1) is 5.92 Å². The van der Waals surface area contributed by atoms with Crippen molar-refractivity contribution in [2.45, 2.75) is 12.8 Å². The third-order valence-corrected chi connectivity index (χ3v) is 2.61. The summed E-state index contributed by atoms with van der Waals surface area (Å²) in [7, 11) is 0. The van der Waals surface area contributed by atoms with Crippen molar-refractivity contribution >= 4 is 11.6 Å². The summed E-state index contributed by atoms with van der Waals surface area (Å²) >= 11 is 5.68. The number of hydrogen-bond donors (Lipinski definition) is 1. The van der Waals surface area contributed by atoms with Gasteiger partial charge in [0.1, 0.15) is 5.02 Å². The van der Waals surface area contributed by atoms with Gasteiger partial charge in [-0.25, -0.2) is 5.10 Å². The Hall–Kier alpha value is -0.870. The lowest BCUT2D eigenvalue weighted by molar-refractivity contribution is 0.185. The molecule has 0 saturated carbocycles. The fourth-order valence-electron chi connectivity index (χ4n) is 1.56. The third kappa shape index (κ3) is 2.13. The number of rotatable bonds is 2. The van der Waals surface area contributed by atoms with E-state index in [1.165, 1.54) is 0 Å². The summed E-state index contributed by atoms with van der Waals surface area (Å²) < 4.78 is 5.25. The van der Waals surface area contributed by atoms with Crippen molar-refractivity contribution in [2.75, 3.05) is 13.2 Å². The summed E-state index contributed by atoms with van der Waals surface area (Å²) in [5.41, 5.74) is 0.489. The summed E-state index contributed by atoms with van der Waals surface area (Å²) in [5, 5.41) is 6.49. The number of aromatic nitrogens is 2. The number of nitrogens with zero attached hydrogens (tertiary/aromatic N) is 1. The smallest absolute Gasteiger partial charge is 0.282 e. The monoisotopic (exact) mass is 214 g/mol. The summed E-state index contributed by atoms with van der Waals surface area (Å²) in [5.74, 6) is 0.504. The van der Waals surface area contributed by atoms with Gasteiger partial charge in [-0.3, -0.25) is 4.79 Å². The predicted molar refractivity (Wildman–Crippen MR) is 52.5 cm³/mol. The molecule has 2 heterocycles. The summed E-state index contributed by atoms with van der Waals surface area (Å²) in [4.78, 5) is 10.9. The number of H-pyrrole nitrogens is 1. The van der Waals surface area contributed by atoms with Crippen LogP contribution in [-0.4, -0.2) is 23.4 Å². The lowest BCUT2D eigenvalue weighted by atomic mass is 10.0. The molecule has 2 rings (SSSR count). The van der Waals surface area contributed by atoms with E-state index in [0.29, 0.717) is 5.92 Å². The van der Waals surface area contributed by atoms with Gasteiger partial charge in [-0.05, 0) is 24.8 Å². The lowest BCUT2D eigenvalue weighted by Gasteiger charge is -2.05. The Kier molecular flexibility index (Phi) is 2.84. The van der Waals surface area contributed by atoms with Crippen LogP contribution < -0.4 is 5.56 Å². The molecule has 1 aliphatic heterocycles. The second-order valence-corrected chi connectivity index (χ2v) is 3.88. The van der Waals surface area contributed by atoms with E-state index in [1.54, 1.807) is 6.07 Å². The highest BCUT2D eigenvalue weighted by Crippen LogP contribution is 2.17. The van der Waals surface area contributed by atoms with Crippen LogP contribution in [0.15, 0.2) is 10.9 Å². The predicted octanol–water partition coefficient (Wildman–Crippen LogP) is 1.00. The SMILES string of the molecule is O=c1[nH]nc(CC2CCOC2)cc1Cl. The van der Waals surface area contributed by atoms with Gasteiger partial charge in [-0.15, -0.1) is 0 Å². The molecule has 1 unspecified atom stereocenters. The van der Waals surface area contributed by atoms with Crippen LogP contribution in [0.4, 0.5) is 0 Å². The van der Waals surface area contributed by atoms with Crippen molar-refractivity contribution in [3.8, 4) is 0 Å². The summed E-state index contributed by atoms with van der Waals surface area (Å²) in [6, 6.07) is 1.62. The van der Waals surface area contributed by atoms with Gasteiger partial charge in [0.05, 0.1) is 5.69 Å². The van der Waals surface area contributed by atoms with Gasteiger partial charge >= 0.3 is 0 Å². The maximum Gasteiger partial charge on any atom is 0.282 e. The van der Waals surface area contributed by atoms with E-state index in [0.717, 1.165) is 31.7 Å². The molecule has 76 valence electrons. The largest absolute Gasteiger partial charge is 0.381 e. The summed E-state index contributed by atoms with van der Waals surface area (Å²) in [6.45, 7) is 1.60. The van der Waals surface area contributed by atoms with Gasteiger partial charge in [0.25, 0.3) is 5.56 Å². The van der Waals surface area contributed by atoms with Gasteiger partial charge in [-0.1, -0.05) is 11.6 Å². The zero-order chi connectivity index (χ0) is 9.97. The quantitative estimate of drug-likeness (QED) is 0.799. The van der Waals surface area contributed by atoms with E-state index in [9.17, 15) is 4.79 Å². The molecular formula is C9H11ClN2O2. The molecular weight excluding hydrogens is 204 g/mol. The number of ether oxygens (including phenoxy) is 1. The highest BCUT2D eigenvalue weighted by molar-refractivity contribution is 6.30. The molecule has 0 aromatic carbocycles. The van der Waals surface area contributed by atoms with Crippen molar-refractivity contribution in [1.82, 2.24) is 10.2 Å². The molecule has 1 saturated heterocycles. The van der Waals surface area contributed by atoms with E-state index in [2.05, 4.69) is 10.2 Å². The van der Waals surface area contributed by atoms with Crippen LogP contribution in [0.2, 0.25) is 5.02 Å². The highest BCUT2D eigenvalue weighted by Gasteiger charge is 2.17. The van der Waals surface area contributed by atoms with Gasteiger partial charge in [0, 0.05) is 13.2 Å². The van der Waals surface area contributed by atoms with Gasteiger partial charge in [0.2, 0.25) is 0 Å². The number of aromatic amines is 1. The first-order valence-corrected chi connectivity index (χ1v) is 4.95. The molecule has 4 nitrogen and oxygen atoms in total. The lowest BCUT2D eigenvalue weighted by Crippen LogP contribution is -2.13. The second-order valence-electron chi connectivity index (χ2n) is 3.47. The zero-order valence-corrected chi connectivity index (χ0v) is 8.38. The van der Waals surface area contributed by atoms with E-state index in [1.807, 2.05) is 0 Å². The molecule has 1 aromatic heterocycles. The van der Waals surface area contributed by atoms with Crippen LogP contribution >= 0.6 is 11.6 Å². The van der Waals surface area contributed by atoms with E-state index in [4.69, 9.17) is 16.3 Å². The molecule has 1 atom stereocenters. The van der Waals surface area contributed by atoms with Gasteiger partial charge in [0.15, 0.2) is 0 Å². The Bertz CT molecular complexity index is 371. The molecule has 0 amide bonds. The average Bonchev–Trinajstić information content (AvgIpc) is 2.64. The Labute approximate surface area is 86.2 Å². The van der Waals surface area contributed by atoms with Crippen molar-refractivity contribution in [3.63, 3.8) is 0 Å². The first kappa shape index (κ1) is 9.68. The van der Waals surface area contributed by atoms with Gasteiger partial charge < -0.3 is 4.74 Å². The van der Waals surface area contributed by atoms with Crippen molar-refractivity contribution in [1.29, 1.82) is 0 Å². The van der Waals surface area contributed by atoms with Crippen LogP contribution in [0.1, 0.15) is 12.1 Å². The third-order valence-electron chi connectivity index (χ3n) is 2.33. The maximum absolute atomic E-state index is 10.9. The number of nitrogens with one attached hydrogen (secondary N) is 1. The number of halogens is 1. The molecule has 1 N–H and O–H groups in total. The Morgan fingerprint density at radius 1 is 1.71 bits per heavy atom. The normalized spacial score (nSPS) is 21.4. The minimum absolute atomic E-state index is 0.203. The Morgan fingerprint density at radius 3 is 3.21 bits per heavy atom. The van der Waals surface area contributed by atoms with Crippen molar-refractivity contribution < 1.29 is 4.74 Å². The molecule has 1 aromatic rings. The minimum Gasteiger partial charge on any atom is -0.381 e. The van der Waals surface area contributed by atoms with E-state index >= 15 is 0 Å². The molecule has 0 radical (unpaired) electrons. The molecule has 0 spiro atoms. The first-order valence-electron chi connectivity index (χ1n) is 4.57. The Balaban J connectivity index is 2.09. The topological polar surface area (TPSA) is 55.0 Å². The number of hydrogen-bond acceptors (Lipinski definition) is 3. The van der Waals surface area contributed by atoms with Crippen LogP contribution in [-0.2, 0) is 11.2 Å². The fourth-order valence-corrected chi connectivity index (χ4v) is 1.73. The van der Waals surface area contributed by atoms with Crippen LogP contribution in [0.3, 0.4) is 0 Å². The molecule has 14 heavy (non-hydrogen) atoms. The molecule has 1 fully saturated rings. The zero-order valence-electron chi connectivity index (χ0n) is 7.62. The summed E-state index contributed by atoms with van der Waals surface area (Å²) in [6.07, 6.45) is 1.87. The minimum atomic E-state index is -0.335. The molecule has 0 bridgehead atoms. The fraction of sp³-hybridized carbons (Fsp3) is 0.556. The van der Waals surface area contributed by atoms with Crippen LogP contribution in [0.5, 0.6) is 0 Å². The molecule has 0 aliphatic carbocycles. The van der Waals surface area contributed by atoms with Crippen molar-refractivity contribution in [2.24, 2.45) is 5.92 Å². The van der Waals surface area contributed by atoms with E-state index in [-0.39, 0.29) is 10.6 Å². The van der Waals surface area contributed by atoms with Crippen LogP contribution in [0.25, 0.3) is 0 Å². The standard InChI is InChI=1S/C9H11ClN2O2/c10-8-4-7(11-12-9(8)13)3-6-1-2-14-5-6/h4,6H,1-3,5H2,(H,12,13). The average molecular weight is 215 g/mol. The van der Waals surface area contributed by atoms with Crippen molar-refractivity contribution in [3.05, 3.63) is 27.1 Å². The molecule has 1 aliphatic rings. The van der Waals surface area contributed by atoms with E-state index < -0.39 is 0 Å². The first-order chi connectivity index (χ1) is 6.75. The second kappa shape index (κ2) is 4.11. The maximum atomic E-state index is 10.9.